The van der Waals surface area contributed by atoms with Crippen LogP contribution in [0.3, 0.4) is 0 Å². The SMILES string of the molecule is CCCc1nc2sc(CC)c(-c3cccs3)c2c(=O)[nH]1. The van der Waals surface area contributed by atoms with Crippen molar-refractivity contribution in [2.24, 2.45) is 0 Å². The lowest BCUT2D eigenvalue weighted by Crippen LogP contribution is -2.11. The number of fused-ring (bicyclic) bond motifs is 1. The van der Waals surface area contributed by atoms with E-state index in [2.05, 4.69) is 29.9 Å². The highest BCUT2D eigenvalue weighted by atomic mass is 32.1. The first-order chi connectivity index (χ1) is 9.74. The number of nitrogens with zero attached hydrogens (tertiary/aromatic N) is 1. The van der Waals surface area contributed by atoms with Gasteiger partial charge in [-0.1, -0.05) is 19.9 Å². The van der Waals surface area contributed by atoms with Crippen LogP contribution in [0.2, 0.25) is 0 Å². The Kier molecular flexibility index (Phi) is 3.72. The summed E-state index contributed by atoms with van der Waals surface area (Å²) in [6.07, 6.45) is 2.73. The van der Waals surface area contributed by atoms with E-state index in [0.29, 0.717) is 0 Å². The molecule has 0 aromatic carbocycles. The molecular formula is C15H16N2OS2. The van der Waals surface area contributed by atoms with Gasteiger partial charge in [0.05, 0.1) is 5.39 Å². The second kappa shape index (κ2) is 5.50. The summed E-state index contributed by atoms with van der Waals surface area (Å²) in [7, 11) is 0. The Balaban J connectivity index is 2.31. The average Bonchev–Trinajstić information content (AvgIpc) is 3.04. The lowest BCUT2D eigenvalue weighted by atomic mass is 10.1. The molecule has 0 bridgehead atoms. The van der Waals surface area contributed by atoms with E-state index >= 15 is 0 Å². The van der Waals surface area contributed by atoms with E-state index in [1.165, 1.54) is 4.88 Å². The molecule has 0 unspecified atom stereocenters. The van der Waals surface area contributed by atoms with Gasteiger partial charge in [0, 0.05) is 21.7 Å². The molecule has 1 N–H and O–H groups in total. The minimum absolute atomic E-state index is 0.00204. The number of hydrogen-bond acceptors (Lipinski definition) is 4. The van der Waals surface area contributed by atoms with E-state index in [1.807, 2.05) is 11.4 Å². The van der Waals surface area contributed by atoms with Gasteiger partial charge in [-0.3, -0.25) is 4.79 Å². The van der Waals surface area contributed by atoms with Crippen molar-refractivity contribution < 1.29 is 0 Å². The molecule has 0 aliphatic carbocycles. The monoisotopic (exact) mass is 304 g/mol. The summed E-state index contributed by atoms with van der Waals surface area (Å²) in [4.78, 5) is 23.3. The van der Waals surface area contributed by atoms with E-state index < -0.39 is 0 Å². The van der Waals surface area contributed by atoms with Gasteiger partial charge < -0.3 is 4.98 Å². The molecule has 0 aliphatic heterocycles. The van der Waals surface area contributed by atoms with Crippen molar-refractivity contribution in [3.8, 4) is 10.4 Å². The van der Waals surface area contributed by atoms with Crippen LogP contribution in [-0.2, 0) is 12.8 Å². The summed E-state index contributed by atoms with van der Waals surface area (Å²) in [5.74, 6) is 0.798. The zero-order chi connectivity index (χ0) is 14.1. The molecule has 5 heteroatoms. The predicted molar refractivity (Wildman–Crippen MR) is 86.9 cm³/mol. The van der Waals surface area contributed by atoms with Gasteiger partial charge in [-0.05, 0) is 24.3 Å². The zero-order valence-corrected chi connectivity index (χ0v) is 13.2. The van der Waals surface area contributed by atoms with Crippen LogP contribution in [0.5, 0.6) is 0 Å². The third kappa shape index (κ3) is 2.21. The topological polar surface area (TPSA) is 45.8 Å². The summed E-state index contributed by atoms with van der Waals surface area (Å²) in [6, 6.07) is 4.10. The lowest BCUT2D eigenvalue weighted by Gasteiger charge is -2.00. The predicted octanol–water partition coefficient (Wildman–Crippen LogP) is 4.23. The van der Waals surface area contributed by atoms with Crippen molar-refractivity contribution in [3.05, 3.63) is 38.6 Å². The van der Waals surface area contributed by atoms with Crippen molar-refractivity contribution in [2.45, 2.75) is 33.1 Å². The number of H-pyrrole nitrogens is 1. The van der Waals surface area contributed by atoms with Crippen molar-refractivity contribution in [2.75, 3.05) is 0 Å². The number of aromatic amines is 1. The highest BCUT2D eigenvalue weighted by Gasteiger charge is 2.18. The van der Waals surface area contributed by atoms with E-state index in [4.69, 9.17) is 0 Å². The second-order valence-corrected chi connectivity index (χ2v) is 6.71. The molecule has 3 rings (SSSR count). The highest BCUT2D eigenvalue weighted by molar-refractivity contribution is 7.20. The van der Waals surface area contributed by atoms with E-state index in [1.54, 1.807) is 22.7 Å². The Morgan fingerprint density at radius 2 is 2.20 bits per heavy atom. The van der Waals surface area contributed by atoms with Crippen LogP contribution in [0, 0.1) is 0 Å². The average molecular weight is 304 g/mol. The zero-order valence-electron chi connectivity index (χ0n) is 11.5. The van der Waals surface area contributed by atoms with E-state index in [9.17, 15) is 4.79 Å². The minimum Gasteiger partial charge on any atom is -0.310 e. The highest BCUT2D eigenvalue weighted by Crippen LogP contribution is 2.38. The maximum Gasteiger partial charge on any atom is 0.260 e. The van der Waals surface area contributed by atoms with Gasteiger partial charge in [0.15, 0.2) is 0 Å². The number of aryl methyl sites for hydroxylation is 2. The van der Waals surface area contributed by atoms with Crippen LogP contribution in [0.1, 0.15) is 31.0 Å². The molecule has 0 aliphatic rings. The fourth-order valence-electron chi connectivity index (χ4n) is 2.38. The molecule has 0 amide bonds. The van der Waals surface area contributed by atoms with E-state index in [0.717, 1.165) is 45.7 Å². The maximum atomic E-state index is 12.4. The number of nitrogens with one attached hydrogen (secondary N) is 1. The van der Waals surface area contributed by atoms with Crippen molar-refractivity contribution in [1.82, 2.24) is 9.97 Å². The summed E-state index contributed by atoms with van der Waals surface area (Å²) in [6.45, 7) is 4.22. The Morgan fingerprint density at radius 1 is 1.35 bits per heavy atom. The molecule has 104 valence electrons. The number of aromatic nitrogens is 2. The largest absolute Gasteiger partial charge is 0.310 e. The molecular weight excluding hydrogens is 288 g/mol. The molecule has 0 saturated carbocycles. The Labute approximate surface area is 125 Å². The maximum absolute atomic E-state index is 12.4. The van der Waals surface area contributed by atoms with Gasteiger partial charge in [-0.25, -0.2) is 4.98 Å². The second-order valence-electron chi connectivity index (χ2n) is 4.67. The van der Waals surface area contributed by atoms with Crippen molar-refractivity contribution in [3.63, 3.8) is 0 Å². The van der Waals surface area contributed by atoms with Crippen LogP contribution in [0.15, 0.2) is 22.3 Å². The molecule has 0 atom stereocenters. The minimum atomic E-state index is -0.00204. The first kappa shape index (κ1) is 13.5. The fourth-order valence-corrected chi connectivity index (χ4v) is 4.40. The number of thiophene rings is 2. The first-order valence-electron chi connectivity index (χ1n) is 6.83. The molecule has 3 aromatic rings. The molecule has 0 radical (unpaired) electrons. The van der Waals surface area contributed by atoms with Crippen LogP contribution >= 0.6 is 22.7 Å². The standard InChI is InChI=1S/C15H16N2OS2/c1-3-6-11-16-14(18)13-12(10-7-5-8-19-10)9(4-2)20-15(13)17-11/h5,7-8H,3-4,6H2,1-2H3,(H,16,17,18). The Bertz CT molecular complexity index is 784. The van der Waals surface area contributed by atoms with E-state index in [-0.39, 0.29) is 5.56 Å². The normalized spacial score (nSPS) is 11.3. The smallest absolute Gasteiger partial charge is 0.260 e. The van der Waals surface area contributed by atoms with Crippen LogP contribution < -0.4 is 5.56 Å². The quantitative estimate of drug-likeness (QED) is 0.784. The molecule has 3 nitrogen and oxygen atoms in total. The lowest BCUT2D eigenvalue weighted by molar-refractivity contribution is 0.838. The van der Waals surface area contributed by atoms with Crippen LogP contribution in [0.25, 0.3) is 20.7 Å². The van der Waals surface area contributed by atoms with Crippen molar-refractivity contribution in [1.29, 1.82) is 0 Å². The Hall–Kier alpha value is -1.46. The Morgan fingerprint density at radius 3 is 2.85 bits per heavy atom. The van der Waals surface area contributed by atoms with Crippen LogP contribution in [-0.4, -0.2) is 9.97 Å². The van der Waals surface area contributed by atoms with Gasteiger partial charge in [-0.15, -0.1) is 22.7 Å². The van der Waals surface area contributed by atoms with Crippen molar-refractivity contribution >= 4 is 32.9 Å². The fraction of sp³-hybridized carbons (Fsp3) is 0.333. The molecule has 3 heterocycles. The summed E-state index contributed by atoms with van der Waals surface area (Å²) >= 11 is 3.33. The third-order valence-corrected chi connectivity index (χ3v) is 5.37. The molecule has 3 aromatic heterocycles. The third-order valence-electron chi connectivity index (χ3n) is 3.26. The van der Waals surface area contributed by atoms with Gasteiger partial charge in [-0.2, -0.15) is 0 Å². The molecule has 0 saturated heterocycles. The first-order valence-corrected chi connectivity index (χ1v) is 8.52. The van der Waals surface area contributed by atoms with Gasteiger partial charge in [0.25, 0.3) is 5.56 Å². The number of hydrogen-bond donors (Lipinski definition) is 1. The van der Waals surface area contributed by atoms with Crippen LogP contribution in [0.4, 0.5) is 0 Å². The molecule has 20 heavy (non-hydrogen) atoms. The van der Waals surface area contributed by atoms with Gasteiger partial charge >= 0.3 is 0 Å². The molecule has 0 fully saturated rings. The van der Waals surface area contributed by atoms with Gasteiger partial charge in [0.2, 0.25) is 0 Å². The molecule has 0 spiro atoms. The summed E-state index contributed by atoms with van der Waals surface area (Å²) in [5.41, 5.74) is 1.08. The summed E-state index contributed by atoms with van der Waals surface area (Å²) < 4.78 is 0. The number of rotatable bonds is 4. The van der Waals surface area contributed by atoms with Gasteiger partial charge in [0.1, 0.15) is 10.7 Å². The summed E-state index contributed by atoms with van der Waals surface area (Å²) in [5, 5.41) is 2.81.